The van der Waals surface area contributed by atoms with Gasteiger partial charge in [0.15, 0.2) is 18.1 Å². The second-order valence-corrected chi connectivity index (χ2v) is 6.60. The molecule has 0 spiro atoms. The molecule has 2 aromatic rings. The number of hydrogen-bond acceptors (Lipinski definition) is 5. The largest absolute Gasteiger partial charge is 0.493 e. The third-order valence-electron chi connectivity index (χ3n) is 4.32. The topological polar surface area (TPSA) is 77.1 Å². The lowest BCUT2D eigenvalue weighted by atomic mass is 10.1. The van der Waals surface area contributed by atoms with Crippen molar-refractivity contribution in [2.75, 3.05) is 33.9 Å². The molecule has 1 aliphatic heterocycles. The van der Waals surface area contributed by atoms with Crippen LogP contribution in [-0.2, 0) is 11.3 Å². The monoisotopic (exact) mass is 404 g/mol. The summed E-state index contributed by atoms with van der Waals surface area (Å²) >= 11 is 6.04. The van der Waals surface area contributed by atoms with Crippen molar-refractivity contribution in [3.05, 3.63) is 52.5 Å². The number of methoxy groups -OCH3 is 1. The van der Waals surface area contributed by atoms with E-state index in [0.717, 1.165) is 5.56 Å². The number of halogens is 1. The maximum atomic E-state index is 12.9. The Morgan fingerprint density at radius 1 is 1.25 bits per heavy atom. The van der Waals surface area contributed by atoms with Crippen LogP contribution in [0.1, 0.15) is 15.9 Å². The molecule has 0 aliphatic carbocycles. The van der Waals surface area contributed by atoms with Crippen LogP contribution in [0.25, 0.3) is 0 Å². The zero-order valence-electron chi connectivity index (χ0n) is 15.7. The fraction of sp³-hybridized carbons (Fsp3) is 0.300. The smallest absolute Gasteiger partial charge is 0.258 e. The third-order valence-corrected chi connectivity index (χ3v) is 4.55. The molecule has 0 atom stereocenters. The first-order valence-electron chi connectivity index (χ1n) is 8.73. The highest BCUT2D eigenvalue weighted by molar-refractivity contribution is 6.31. The van der Waals surface area contributed by atoms with Crippen LogP contribution in [-0.4, -0.2) is 50.6 Å². The first-order chi connectivity index (χ1) is 13.5. The van der Waals surface area contributed by atoms with E-state index < -0.39 is 0 Å². The summed E-state index contributed by atoms with van der Waals surface area (Å²) in [6.07, 6.45) is 0. The van der Waals surface area contributed by atoms with Gasteiger partial charge in [0.1, 0.15) is 12.4 Å². The summed E-state index contributed by atoms with van der Waals surface area (Å²) in [7, 11) is 3.06. The summed E-state index contributed by atoms with van der Waals surface area (Å²) in [5.74, 6) is 1.10. The van der Waals surface area contributed by atoms with Gasteiger partial charge in [0.25, 0.3) is 11.8 Å². The Balaban J connectivity index is 1.77. The molecule has 7 nitrogen and oxygen atoms in total. The number of carbonyl (C=O) groups excluding carboxylic acids is 2. The Morgan fingerprint density at radius 3 is 2.82 bits per heavy atom. The molecular weight excluding hydrogens is 384 g/mol. The molecule has 0 saturated carbocycles. The van der Waals surface area contributed by atoms with Gasteiger partial charge in [-0.2, -0.15) is 0 Å². The molecule has 0 saturated heterocycles. The molecule has 148 valence electrons. The maximum absolute atomic E-state index is 12.9. The minimum atomic E-state index is -0.237. The number of amides is 2. The fourth-order valence-electron chi connectivity index (χ4n) is 2.85. The van der Waals surface area contributed by atoms with Crippen LogP contribution in [0, 0.1) is 0 Å². The molecule has 0 aromatic heterocycles. The molecule has 0 radical (unpaired) electrons. The highest BCUT2D eigenvalue weighted by Gasteiger charge is 2.24. The highest BCUT2D eigenvalue weighted by atomic mass is 35.5. The number of nitrogens with one attached hydrogen (secondary N) is 1. The number of likely N-dealkylation sites (N-methyl/N-ethyl adjacent to an activating group) is 1. The van der Waals surface area contributed by atoms with Gasteiger partial charge in [0.05, 0.1) is 19.2 Å². The molecule has 1 heterocycles. The van der Waals surface area contributed by atoms with Gasteiger partial charge in [-0.05, 0) is 35.9 Å². The predicted octanol–water partition coefficient (Wildman–Crippen LogP) is 2.51. The number of carbonyl (C=O) groups is 2. The van der Waals surface area contributed by atoms with E-state index in [1.54, 1.807) is 42.3 Å². The molecule has 3 rings (SSSR count). The van der Waals surface area contributed by atoms with Crippen molar-refractivity contribution in [1.82, 2.24) is 10.2 Å². The summed E-state index contributed by atoms with van der Waals surface area (Å²) in [6, 6.07) is 10.4. The summed E-state index contributed by atoms with van der Waals surface area (Å²) in [6.45, 7) is 1.11. The fourth-order valence-corrected chi connectivity index (χ4v) is 3.02. The van der Waals surface area contributed by atoms with Gasteiger partial charge in [-0.1, -0.05) is 17.7 Å². The van der Waals surface area contributed by atoms with Crippen molar-refractivity contribution in [2.24, 2.45) is 0 Å². The molecule has 2 aromatic carbocycles. The first kappa shape index (κ1) is 19.8. The third kappa shape index (κ3) is 4.48. The lowest BCUT2D eigenvalue weighted by Gasteiger charge is -2.21. The van der Waals surface area contributed by atoms with E-state index in [0.29, 0.717) is 47.5 Å². The minimum absolute atomic E-state index is 0.105. The molecule has 28 heavy (non-hydrogen) atoms. The molecule has 2 amide bonds. The summed E-state index contributed by atoms with van der Waals surface area (Å²) < 4.78 is 16.5. The number of nitrogens with zero attached hydrogens (tertiary/aromatic N) is 1. The summed E-state index contributed by atoms with van der Waals surface area (Å²) in [4.78, 5) is 26.0. The van der Waals surface area contributed by atoms with E-state index in [2.05, 4.69) is 5.32 Å². The second kappa shape index (κ2) is 8.84. The van der Waals surface area contributed by atoms with Crippen LogP contribution in [0.3, 0.4) is 0 Å². The molecule has 0 unspecified atom stereocenters. The standard InChI is InChI=1S/C20H21ClN2O5/c1-22-19(24)12-28-17-5-3-13(9-18(17)26-2)11-23-7-8-27-16-6-4-14(21)10-15(16)20(23)25/h3-6,9-10H,7-8,11-12H2,1-2H3,(H,22,24). The quantitative estimate of drug-likeness (QED) is 0.800. The van der Waals surface area contributed by atoms with Gasteiger partial charge < -0.3 is 24.4 Å². The maximum Gasteiger partial charge on any atom is 0.258 e. The van der Waals surface area contributed by atoms with E-state index in [9.17, 15) is 9.59 Å². The highest BCUT2D eigenvalue weighted by Crippen LogP contribution is 2.30. The van der Waals surface area contributed by atoms with Crippen LogP contribution in [0.5, 0.6) is 17.2 Å². The van der Waals surface area contributed by atoms with Gasteiger partial charge in [0.2, 0.25) is 0 Å². The van der Waals surface area contributed by atoms with Crippen LogP contribution in [0.4, 0.5) is 0 Å². The molecule has 0 fully saturated rings. The predicted molar refractivity (Wildman–Crippen MR) is 104 cm³/mol. The number of hydrogen-bond donors (Lipinski definition) is 1. The average molecular weight is 405 g/mol. The molecule has 1 N–H and O–H groups in total. The van der Waals surface area contributed by atoms with Crippen LogP contribution < -0.4 is 19.5 Å². The normalized spacial score (nSPS) is 13.2. The van der Waals surface area contributed by atoms with E-state index in [-0.39, 0.29) is 18.4 Å². The van der Waals surface area contributed by atoms with Crippen LogP contribution in [0.15, 0.2) is 36.4 Å². The molecule has 1 aliphatic rings. The first-order valence-corrected chi connectivity index (χ1v) is 9.11. The zero-order valence-corrected chi connectivity index (χ0v) is 16.4. The Morgan fingerprint density at radius 2 is 2.07 bits per heavy atom. The lowest BCUT2D eigenvalue weighted by Crippen LogP contribution is -2.31. The van der Waals surface area contributed by atoms with Gasteiger partial charge in [-0.3, -0.25) is 9.59 Å². The van der Waals surface area contributed by atoms with E-state index in [1.165, 1.54) is 7.11 Å². The van der Waals surface area contributed by atoms with Gasteiger partial charge in [0, 0.05) is 18.6 Å². The van der Waals surface area contributed by atoms with Crippen LogP contribution in [0.2, 0.25) is 5.02 Å². The lowest BCUT2D eigenvalue weighted by molar-refractivity contribution is -0.122. The van der Waals surface area contributed by atoms with Crippen molar-refractivity contribution in [3.8, 4) is 17.2 Å². The SMILES string of the molecule is CNC(=O)COc1ccc(CN2CCOc3ccc(Cl)cc3C2=O)cc1OC. The summed E-state index contributed by atoms with van der Waals surface area (Å²) in [5.41, 5.74) is 1.31. The number of fused-ring (bicyclic) bond motifs is 1. The Labute approximate surface area is 168 Å². The number of benzene rings is 2. The molecule has 8 heteroatoms. The number of rotatable bonds is 6. The Bertz CT molecular complexity index is 887. The van der Waals surface area contributed by atoms with E-state index in [4.69, 9.17) is 25.8 Å². The Hall–Kier alpha value is -2.93. The summed E-state index contributed by atoms with van der Waals surface area (Å²) in [5, 5.41) is 2.97. The number of ether oxygens (including phenoxy) is 3. The van der Waals surface area contributed by atoms with Gasteiger partial charge >= 0.3 is 0 Å². The zero-order chi connectivity index (χ0) is 20.1. The van der Waals surface area contributed by atoms with E-state index >= 15 is 0 Å². The van der Waals surface area contributed by atoms with E-state index in [1.807, 2.05) is 6.07 Å². The van der Waals surface area contributed by atoms with Crippen molar-refractivity contribution in [3.63, 3.8) is 0 Å². The average Bonchev–Trinajstić information content (AvgIpc) is 2.85. The van der Waals surface area contributed by atoms with Gasteiger partial charge in [-0.15, -0.1) is 0 Å². The second-order valence-electron chi connectivity index (χ2n) is 6.16. The molecular formula is C20H21ClN2O5. The molecule has 0 bridgehead atoms. The van der Waals surface area contributed by atoms with Crippen molar-refractivity contribution in [1.29, 1.82) is 0 Å². The van der Waals surface area contributed by atoms with Crippen molar-refractivity contribution >= 4 is 23.4 Å². The Kier molecular flexibility index (Phi) is 6.26. The van der Waals surface area contributed by atoms with Gasteiger partial charge in [-0.25, -0.2) is 0 Å². The minimum Gasteiger partial charge on any atom is -0.493 e. The van der Waals surface area contributed by atoms with Crippen molar-refractivity contribution < 1.29 is 23.8 Å². The van der Waals surface area contributed by atoms with Crippen molar-refractivity contribution in [2.45, 2.75) is 6.54 Å². The van der Waals surface area contributed by atoms with Crippen LogP contribution >= 0.6 is 11.6 Å².